The van der Waals surface area contributed by atoms with Gasteiger partial charge >= 0.3 is 0 Å². The van der Waals surface area contributed by atoms with Crippen LogP contribution in [0.15, 0.2) is 35.8 Å². The van der Waals surface area contributed by atoms with E-state index in [1.807, 2.05) is 17.6 Å². The van der Waals surface area contributed by atoms with Gasteiger partial charge in [0.05, 0.1) is 11.6 Å². The third kappa shape index (κ3) is 3.10. The number of nitrogens with one attached hydrogen (secondary N) is 1. The molecule has 0 bridgehead atoms. The molecule has 3 rings (SSSR count). The Labute approximate surface area is 133 Å². The van der Waals surface area contributed by atoms with E-state index in [1.54, 1.807) is 35.6 Å². The molecule has 1 aromatic heterocycles. The van der Waals surface area contributed by atoms with Crippen molar-refractivity contribution in [2.24, 2.45) is 0 Å². The first kappa shape index (κ1) is 14.5. The monoisotopic (exact) mass is 312 g/mol. The maximum absolute atomic E-state index is 12.2. The number of rotatable bonds is 4. The molecule has 0 saturated carbocycles. The number of carbonyl (C=O) groups is 1. The molecule has 1 amide bonds. The first-order valence-corrected chi connectivity index (χ1v) is 8.10. The summed E-state index contributed by atoms with van der Waals surface area (Å²) >= 11 is 1.63. The smallest absolute Gasteiger partial charge is 0.251 e. The van der Waals surface area contributed by atoms with Gasteiger partial charge in [-0.05, 0) is 37.1 Å². The second-order valence-corrected chi connectivity index (χ2v) is 6.08. The molecule has 22 heavy (non-hydrogen) atoms. The van der Waals surface area contributed by atoms with Gasteiger partial charge in [-0.3, -0.25) is 4.79 Å². The molecule has 1 saturated heterocycles. The van der Waals surface area contributed by atoms with E-state index in [9.17, 15) is 4.79 Å². The average Bonchev–Trinajstić information content (AvgIpc) is 3.23. The number of benzene rings is 1. The SMILES string of the molecule is N#Cc1ccc(C(=O)NCC2CCCN2c2nccs2)cc1. The largest absolute Gasteiger partial charge is 0.350 e. The van der Waals surface area contributed by atoms with Crippen LogP contribution >= 0.6 is 11.3 Å². The van der Waals surface area contributed by atoms with Crippen LogP contribution in [-0.2, 0) is 0 Å². The zero-order valence-electron chi connectivity index (χ0n) is 12.0. The van der Waals surface area contributed by atoms with E-state index < -0.39 is 0 Å². The summed E-state index contributed by atoms with van der Waals surface area (Å²) in [6.07, 6.45) is 3.99. The van der Waals surface area contributed by atoms with Gasteiger partial charge in [-0.2, -0.15) is 5.26 Å². The predicted molar refractivity (Wildman–Crippen MR) is 86.0 cm³/mol. The van der Waals surface area contributed by atoms with E-state index in [1.165, 1.54) is 0 Å². The minimum atomic E-state index is -0.101. The van der Waals surface area contributed by atoms with Crippen molar-refractivity contribution in [1.82, 2.24) is 10.3 Å². The van der Waals surface area contributed by atoms with Crippen LogP contribution in [0, 0.1) is 11.3 Å². The highest BCUT2D eigenvalue weighted by molar-refractivity contribution is 7.13. The molecule has 112 valence electrons. The molecule has 1 atom stereocenters. The maximum Gasteiger partial charge on any atom is 0.251 e. The highest BCUT2D eigenvalue weighted by Gasteiger charge is 2.26. The number of nitrogens with zero attached hydrogens (tertiary/aromatic N) is 3. The summed E-state index contributed by atoms with van der Waals surface area (Å²) in [5.41, 5.74) is 1.14. The van der Waals surface area contributed by atoms with Gasteiger partial charge in [0, 0.05) is 36.3 Å². The topological polar surface area (TPSA) is 69.0 Å². The standard InChI is InChI=1S/C16H16N4OS/c17-10-12-3-5-13(6-4-12)15(21)19-11-14-2-1-8-20(14)16-18-7-9-22-16/h3-7,9,14H,1-2,8,11H2,(H,19,21). The van der Waals surface area contributed by atoms with Crippen molar-refractivity contribution >= 4 is 22.4 Å². The number of hydrogen-bond donors (Lipinski definition) is 1. The second kappa shape index (κ2) is 6.58. The molecule has 1 aliphatic rings. The summed E-state index contributed by atoms with van der Waals surface area (Å²) in [5, 5.41) is 14.8. The molecule has 1 unspecified atom stereocenters. The molecule has 2 heterocycles. The fraction of sp³-hybridized carbons (Fsp3) is 0.312. The number of anilines is 1. The number of hydrogen-bond acceptors (Lipinski definition) is 5. The lowest BCUT2D eigenvalue weighted by Crippen LogP contribution is -2.40. The van der Waals surface area contributed by atoms with Crippen molar-refractivity contribution in [3.05, 3.63) is 47.0 Å². The molecular formula is C16H16N4OS. The van der Waals surface area contributed by atoms with Crippen LogP contribution < -0.4 is 10.2 Å². The molecule has 0 aliphatic carbocycles. The molecule has 1 N–H and O–H groups in total. The molecule has 1 aromatic carbocycles. The molecule has 2 aromatic rings. The summed E-state index contributed by atoms with van der Waals surface area (Å²) in [6, 6.07) is 9.03. The van der Waals surface area contributed by atoms with Crippen LogP contribution in [0.3, 0.4) is 0 Å². The highest BCUT2D eigenvalue weighted by atomic mass is 32.1. The first-order valence-electron chi connectivity index (χ1n) is 7.22. The Hall–Kier alpha value is -2.39. The number of amides is 1. The average molecular weight is 312 g/mol. The van der Waals surface area contributed by atoms with Crippen LogP contribution in [0.4, 0.5) is 5.13 Å². The molecule has 0 radical (unpaired) electrons. The van der Waals surface area contributed by atoms with Crippen molar-refractivity contribution in [2.75, 3.05) is 18.0 Å². The van der Waals surface area contributed by atoms with E-state index in [0.717, 1.165) is 24.5 Å². The third-order valence-electron chi connectivity index (χ3n) is 3.82. The Morgan fingerprint density at radius 1 is 1.45 bits per heavy atom. The second-order valence-electron chi connectivity index (χ2n) is 5.20. The summed E-state index contributed by atoms with van der Waals surface area (Å²) in [7, 11) is 0. The van der Waals surface area contributed by atoms with Crippen LogP contribution in [-0.4, -0.2) is 30.0 Å². The van der Waals surface area contributed by atoms with E-state index in [2.05, 4.69) is 15.2 Å². The van der Waals surface area contributed by atoms with Gasteiger partial charge in [-0.15, -0.1) is 11.3 Å². The molecule has 6 heteroatoms. The zero-order chi connectivity index (χ0) is 15.4. The summed E-state index contributed by atoms with van der Waals surface area (Å²) < 4.78 is 0. The van der Waals surface area contributed by atoms with Gasteiger partial charge in [-0.25, -0.2) is 4.98 Å². The van der Waals surface area contributed by atoms with Crippen LogP contribution in [0.5, 0.6) is 0 Å². The van der Waals surface area contributed by atoms with Crippen molar-refractivity contribution < 1.29 is 4.79 Å². The van der Waals surface area contributed by atoms with Gasteiger partial charge in [0.1, 0.15) is 0 Å². The minimum absolute atomic E-state index is 0.101. The molecular weight excluding hydrogens is 296 g/mol. The van der Waals surface area contributed by atoms with Gasteiger partial charge in [0.15, 0.2) is 5.13 Å². The van der Waals surface area contributed by atoms with Crippen molar-refractivity contribution in [3.63, 3.8) is 0 Å². The van der Waals surface area contributed by atoms with Gasteiger partial charge < -0.3 is 10.2 Å². The molecule has 1 aliphatic heterocycles. The summed E-state index contributed by atoms with van der Waals surface area (Å²) in [5.74, 6) is -0.101. The Kier molecular flexibility index (Phi) is 4.35. The van der Waals surface area contributed by atoms with E-state index in [4.69, 9.17) is 5.26 Å². The summed E-state index contributed by atoms with van der Waals surface area (Å²) in [6.45, 7) is 1.60. The third-order valence-corrected chi connectivity index (χ3v) is 4.63. The van der Waals surface area contributed by atoms with Crippen LogP contribution in [0.1, 0.15) is 28.8 Å². The Morgan fingerprint density at radius 2 is 2.27 bits per heavy atom. The highest BCUT2D eigenvalue weighted by Crippen LogP contribution is 2.26. The first-order chi connectivity index (χ1) is 10.8. The van der Waals surface area contributed by atoms with Crippen molar-refractivity contribution in [1.29, 1.82) is 5.26 Å². The molecule has 1 fully saturated rings. The van der Waals surface area contributed by atoms with Gasteiger partial charge in [-0.1, -0.05) is 0 Å². The van der Waals surface area contributed by atoms with Crippen molar-refractivity contribution in [2.45, 2.75) is 18.9 Å². The van der Waals surface area contributed by atoms with E-state index >= 15 is 0 Å². The fourth-order valence-corrected chi connectivity index (χ4v) is 3.41. The number of thiazole rings is 1. The normalized spacial score (nSPS) is 17.2. The number of aromatic nitrogens is 1. The quantitative estimate of drug-likeness (QED) is 0.941. The molecule has 5 nitrogen and oxygen atoms in total. The van der Waals surface area contributed by atoms with Crippen molar-refractivity contribution in [3.8, 4) is 6.07 Å². The number of nitriles is 1. The zero-order valence-corrected chi connectivity index (χ0v) is 12.8. The summed E-state index contributed by atoms with van der Waals surface area (Å²) in [4.78, 5) is 18.8. The van der Waals surface area contributed by atoms with E-state index in [0.29, 0.717) is 23.7 Å². The van der Waals surface area contributed by atoms with E-state index in [-0.39, 0.29) is 5.91 Å². The Bertz CT molecular complexity index is 675. The Morgan fingerprint density at radius 3 is 2.95 bits per heavy atom. The maximum atomic E-state index is 12.2. The Balaban J connectivity index is 1.59. The van der Waals surface area contributed by atoms with Gasteiger partial charge in [0.2, 0.25) is 0 Å². The van der Waals surface area contributed by atoms with Crippen LogP contribution in [0.2, 0.25) is 0 Å². The lowest BCUT2D eigenvalue weighted by molar-refractivity contribution is 0.0951. The lowest BCUT2D eigenvalue weighted by Gasteiger charge is -2.24. The fourth-order valence-electron chi connectivity index (χ4n) is 2.67. The van der Waals surface area contributed by atoms with Crippen LogP contribution in [0.25, 0.3) is 0 Å². The lowest BCUT2D eigenvalue weighted by atomic mass is 10.1. The predicted octanol–water partition coefficient (Wildman–Crippen LogP) is 2.41. The minimum Gasteiger partial charge on any atom is -0.350 e. The van der Waals surface area contributed by atoms with Gasteiger partial charge in [0.25, 0.3) is 5.91 Å². The number of carbonyl (C=O) groups excluding carboxylic acids is 1. The molecule has 0 spiro atoms.